The van der Waals surface area contributed by atoms with E-state index in [9.17, 15) is 8.78 Å². The van der Waals surface area contributed by atoms with Gasteiger partial charge >= 0.3 is 0 Å². The highest BCUT2D eigenvalue weighted by atomic mass is 19.1. The fourth-order valence-corrected chi connectivity index (χ4v) is 3.60. The lowest BCUT2D eigenvalue weighted by molar-refractivity contribution is 0.589. The van der Waals surface area contributed by atoms with Crippen molar-refractivity contribution < 1.29 is 8.78 Å². The number of benzene rings is 1. The number of aromatic nitrogens is 4. The zero-order valence-corrected chi connectivity index (χ0v) is 16.5. The molecule has 0 bridgehead atoms. The molecule has 3 aromatic heterocycles. The van der Waals surface area contributed by atoms with Crippen molar-refractivity contribution in [3.05, 3.63) is 66.6 Å². The molecule has 1 aliphatic rings. The summed E-state index contributed by atoms with van der Waals surface area (Å²) in [4.78, 5) is 18.9. The van der Waals surface area contributed by atoms with E-state index in [4.69, 9.17) is 0 Å². The number of hydrogen-bond acceptors (Lipinski definition) is 7. The van der Waals surface area contributed by atoms with E-state index in [0.717, 1.165) is 38.1 Å². The first-order chi connectivity index (χ1) is 15.2. The standard InChI is InChI=1S/C22H19F2N7/c23-17-11-15(10-14-2-1-5-26-20(14)17)21-18(24)13-28-22(30-21)29-19-4-3-16(12-27-19)31-8-6-25-7-9-31/h1-5,10-13,25H,6-9H2,(H,27,28,29,30). The number of fused-ring (bicyclic) bond motifs is 1. The number of nitrogens with one attached hydrogen (secondary N) is 2. The molecule has 156 valence electrons. The molecule has 0 spiro atoms. The Labute approximate surface area is 177 Å². The van der Waals surface area contributed by atoms with E-state index in [0.29, 0.717) is 16.8 Å². The van der Waals surface area contributed by atoms with Crippen molar-refractivity contribution in [1.82, 2.24) is 25.3 Å². The molecule has 5 rings (SSSR count). The van der Waals surface area contributed by atoms with Gasteiger partial charge in [-0.15, -0.1) is 0 Å². The summed E-state index contributed by atoms with van der Waals surface area (Å²) >= 11 is 0. The summed E-state index contributed by atoms with van der Waals surface area (Å²) in [5, 5.41) is 6.87. The van der Waals surface area contributed by atoms with E-state index in [2.05, 4.69) is 35.5 Å². The molecular weight excluding hydrogens is 400 g/mol. The van der Waals surface area contributed by atoms with Crippen LogP contribution in [0, 0.1) is 11.6 Å². The van der Waals surface area contributed by atoms with Crippen molar-refractivity contribution in [3.8, 4) is 11.3 Å². The van der Waals surface area contributed by atoms with Gasteiger partial charge in [-0.2, -0.15) is 0 Å². The predicted molar refractivity (Wildman–Crippen MR) is 115 cm³/mol. The van der Waals surface area contributed by atoms with Crippen molar-refractivity contribution in [2.75, 3.05) is 36.4 Å². The van der Waals surface area contributed by atoms with Gasteiger partial charge in [-0.1, -0.05) is 6.07 Å². The van der Waals surface area contributed by atoms with Crippen molar-refractivity contribution in [2.24, 2.45) is 0 Å². The SMILES string of the molecule is Fc1cnc(Nc2ccc(N3CCNCC3)cn2)nc1-c1cc(F)c2ncccc2c1. The van der Waals surface area contributed by atoms with Gasteiger partial charge in [0.1, 0.15) is 22.8 Å². The summed E-state index contributed by atoms with van der Waals surface area (Å²) in [5.74, 6) is -0.475. The molecule has 4 heterocycles. The summed E-state index contributed by atoms with van der Waals surface area (Å²) in [7, 11) is 0. The fourth-order valence-electron chi connectivity index (χ4n) is 3.60. The molecule has 1 aliphatic heterocycles. The van der Waals surface area contributed by atoms with Crippen LogP contribution in [-0.4, -0.2) is 46.1 Å². The Balaban J connectivity index is 1.41. The third-order valence-corrected chi connectivity index (χ3v) is 5.15. The summed E-state index contributed by atoms with van der Waals surface area (Å²) in [6, 6.07) is 10.1. The lowest BCUT2D eigenvalue weighted by Crippen LogP contribution is -2.43. The van der Waals surface area contributed by atoms with Gasteiger partial charge in [0.15, 0.2) is 5.82 Å². The van der Waals surface area contributed by atoms with Crippen LogP contribution in [0.15, 0.2) is 55.0 Å². The van der Waals surface area contributed by atoms with Gasteiger partial charge in [0.25, 0.3) is 0 Å². The molecule has 1 saturated heterocycles. The summed E-state index contributed by atoms with van der Waals surface area (Å²) < 4.78 is 28.9. The number of piperazine rings is 1. The maximum Gasteiger partial charge on any atom is 0.229 e. The molecule has 1 aromatic carbocycles. The van der Waals surface area contributed by atoms with Crippen LogP contribution in [-0.2, 0) is 0 Å². The summed E-state index contributed by atoms with van der Waals surface area (Å²) in [5.41, 5.74) is 1.57. The molecular formula is C22H19F2N7. The van der Waals surface area contributed by atoms with Crippen molar-refractivity contribution >= 4 is 28.4 Å². The summed E-state index contributed by atoms with van der Waals surface area (Å²) in [6.45, 7) is 3.74. The Hall–Kier alpha value is -3.72. The topological polar surface area (TPSA) is 78.9 Å². The Morgan fingerprint density at radius 3 is 2.61 bits per heavy atom. The smallest absolute Gasteiger partial charge is 0.229 e. The van der Waals surface area contributed by atoms with Crippen LogP contribution in [0.25, 0.3) is 22.2 Å². The zero-order chi connectivity index (χ0) is 21.2. The molecule has 1 fully saturated rings. The van der Waals surface area contributed by atoms with Crippen LogP contribution in [0.4, 0.5) is 26.2 Å². The second-order valence-corrected chi connectivity index (χ2v) is 7.19. The highest BCUT2D eigenvalue weighted by Crippen LogP contribution is 2.27. The second kappa shape index (κ2) is 8.19. The highest BCUT2D eigenvalue weighted by molar-refractivity contribution is 5.84. The van der Waals surface area contributed by atoms with Crippen LogP contribution in [0.5, 0.6) is 0 Å². The van der Waals surface area contributed by atoms with E-state index in [1.807, 2.05) is 12.1 Å². The van der Waals surface area contributed by atoms with Crippen LogP contribution in [0.1, 0.15) is 0 Å². The molecule has 0 aliphatic carbocycles. The van der Waals surface area contributed by atoms with Crippen molar-refractivity contribution in [3.63, 3.8) is 0 Å². The van der Waals surface area contributed by atoms with E-state index in [-0.39, 0.29) is 17.2 Å². The first-order valence-electron chi connectivity index (χ1n) is 9.93. The van der Waals surface area contributed by atoms with Gasteiger partial charge in [-0.05, 0) is 30.3 Å². The Bertz CT molecular complexity index is 1220. The second-order valence-electron chi connectivity index (χ2n) is 7.19. The van der Waals surface area contributed by atoms with Gasteiger partial charge < -0.3 is 15.5 Å². The number of halogens is 2. The Morgan fingerprint density at radius 2 is 1.81 bits per heavy atom. The summed E-state index contributed by atoms with van der Waals surface area (Å²) in [6.07, 6.45) is 4.35. The molecule has 4 aromatic rings. The van der Waals surface area contributed by atoms with Gasteiger partial charge in [0.2, 0.25) is 5.95 Å². The van der Waals surface area contributed by atoms with E-state index in [1.165, 1.54) is 12.3 Å². The monoisotopic (exact) mass is 419 g/mol. The number of rotatable bonds is 4. The normalized spacial score (nSPS) is 14.1. The molecule has 9 heteroatoms. The highest BCUT2D eigenvalue weighted by Gasteiger charge is 2.14. The number of nitrogens with zero attached hydrogens (tertiary/aromatic N) is 5. The van der Waals surface area contributed by atoms with E-state index < -0.39 is 11.6 Å². The van der Waals surface area contributed by atoms with E-state index >= 15 is 0 Å². The third kappa shape index (κ3) is 3.99. The van der Waals surface area contributed by atoms with Crippen molar-refractivity contribution in [2.45, 2.75) is 0 Å². The van der Waals surface area contributed by atoms with Crippen LogP contribution >= 0.6 is 0 Å². The molecule has 7 nitrogen and oxygen atoms in total. The average Bonchev–Trinajstić information content (AvgIpc) is 2.81. The maximum absolute atomic E-state index is 14.5. The van der Waals surface area contributed by atoms with Gasteiger partial charge in [0, 0.05) is 43.3 Å². The lowest BCUT2D eigenvalue weighted by Gasteiger charge is -2.29. The quantitative estimate of drug-likeness (QED) is 0.524. The lowest BCUT2D eigenvalue weighted by atomic mass is 10.1. The number of pyridine rings is 2. The van der Waals surface area contributed by atoms with Gasteiger partial charge in [-0.3, -0.25) is 4.98 Å². The fraction of sp³-hybridized carbons (Fsp3) is 0.182. The predicted octanol–water partition coefficient (Wildman–Crippen LogP) is 3.52. The van der Waals surface area contributed by atoms with Gasteiger partial charge in [-0.25, -0.2) is 23.7 Å². The maximum atomic E-state index is 14.5. The largest absolute Gasteiger partial charge is 0.368 e. The Kier molecular flexibility index (Phi) is 5.09. The Morgan fingerprint density at radius 1 is 0.935 bits per heavy atom. The minimum Gasteiger partial charge on any atom is -0.368 e. The third-order valence-electron chi connectivity index (χ3n) is 5.15. The molecule has 0 radical (unpaired) electrons. The zero-order valence-electron chi connectivity index (χ0n) is 16.5. The van der Waals surface area contributed by atoms with Crippen LogP contribution < -0.4 is 15.5 Å². The van der Waals surface area contributed by atoms with Crippen molar-refractivity contribution in [1.29, 1.82) is 0 Å². The molecule has 0 atom stereocenters. The molecule has 0 amide bonds. The molecule has 2 N–H and O–H groups in total. The minimum absolute atomic E-state index is 0.000380. The molecule has 0 saturated carbocycles. The molecule has 31 heavy (non-hydrogen) atoms. The number of hydrogen-bond donors (Lipinski definition) is 2. The van der Waals surface area contributed by atoms with Gasteiger partial charge in [0.05, 0.1) is 18.1 Å². The number of anilines is 3. The first kappa shape index (κ1) is 19.3. The minimum atomic E-state index is -0.643. The molecule has 0 unspecified atom stereocenters. The van der Waals surface area contributed by atoms with Crippen LogP contribution in [0.3, 0.4) is 0 Å². The van der Waals surface area contributed by atoms with Crippen LogP contribution in [0.2, 0.25) is 0 Å². The first-order valence-corrected chi connectivity index (χ1v) is 9.93. The van der Waals surface area contributed by atoms with E-state index in [1.54, 1.807) is 24.4 Å². The average molecular weight is 419 g/mol.